The molecule has 1 aliphatic rings. The molecule has 13 nitrogen and oxygen atoms in total. The summed E-state index contributed by atoms with van der Waals surface area (Å²) in [6.07, 6.45) is -4.12. The first-order valence-electron chi connectivity index (χ1n) is 10.8. The van der Waals surface area contributed by atoms with E-state index in [0.29, 0.717) is 13.1 Å². The molecule has 0 saturated carbocycles. The van der Waals surface area contributed by atoms with Gasteiger partial charge in [-0.1, -0.05) is 6.07 Å². The number of carboxylic acids is 1. The molecule has 13 heteroatoms. The predicted octanol–water partition coefficient (Wildman–Crippen LogP) is -2.20. The lowest BCUT2D eigenvalue weighted by atomic mass is 9.92. The Balaban J connectivity index is 0.000000572. The molecule has 0 saturated heterocycles. The highest BCUT2D eigenvalue weighted by atomic mass is 16.6. The number of phenolic OH excluding ortho intramolecular Hbond substituents is 4. The molecule has 0 radical (unpaired) electrons. The third-order valence-electron chi connectivity index (χ3n) is 4.89. The molecule has 0 amide bonds. The second-order valence-corrected chi connectivity index (χ2v) is 7.58. The molecule has 36 heavy (non-hydrogen) atoms. The number of hydrogen-bond donors (Lipinski definition) is 7. The molecule has 2 unspecified atom stereocenters. The monoisotopic (exact) mass is 509 g/mol. The van der Waals surface area contributed by atoms with Crippen LogP contribution in [0.2, 0.25) is 0 Å². The highest BCUT2D eigenvalue weighted by Gasteiger charge is 2.43. The molecule has 196 valence electrons. The summed E-state index contributed by atoms with van der Waals surface area (Å²) in [6, 6.07) is 5.50. The maximum Gasteiger partial charge on any atom is 0.307 e. The number of aliphatic hydroxyl groups excluding tert-OH is 2. The van der Waals surface area contributed by atoms with Crippen molar-refractivity contribution < 1.29 is 64.9 Å². The second kappa shape index (κ2) is 13.1. The van der Waals surface area contributed by atoms with Crippen molar-refractivity contribution >= 4 is 17.7 Å². The van der Waals surface area contributed by atoms with Gasteiger partial charge < -0.3 is 55.3 Å². The molecule has 0 aliphatic carbocycles. The van der Waals surface area contributed by atoms with Crippen LogP contribution in [-0.2, 0) is 14.3 Å². The normalized spacial score (nSPS) is 16.2. The van der Waals surface area contributed by atoms with Crippen LogP contribution in [0.4, 0.5) is 0 Å². The number of carbonyl (C=O) groups is 3. The Morgan fingerprint density at radius 3 is 2.19 bits per heavy atom. The van der Waals surface area contributed by atoms with Crippen LogP contribution >= 0.6 is 0 Å². The van der Waals surface area contributed by atoms with Crippen LogP contribution in [0.1, 0.15) is 34.9 Å². The van der Waals surface area contributed by atoms with Crippen LogP contribution in [-0.4, -0.2) is 80.8 Å². The summed E-state index contributed by atoms with van der Waals surface area (Å²) in [5.41, 5.74) is -0.195. The van der Waals surface area contributed by atoms with E-state index in [1.165, 1.54) is 6.07 Å². The van der Waals surface area contributed by atoms with E-state index >= 15 is 0 Å². The molecule has 1 aliphatic heterocycles. The Hall–Kier alpha value is -4.07. The van der Waals surface area contributed by atoms with Crippen molar-refractivity contribution in [2.45, 2.75) is 25.0 Å². The minimum absolute atomic E-state index is 0.139. The lowest BCUT2D eigenvalue weighted by Gasteiger charge is -2.32. The summed E-state index contributed by atoms with van der Waals surface area (Å²) >= 11 is 0. The van der Waals surface area contributed by atoms with E-state index in [9.17, 15) is 39.9 Å². The van der Waals surface area contributed by atoms with Gasteiger partial charge in [-0.05, 0) is 18.6 Å². The number of quaternary nitrogens is 1. The van der Waals surface area contributed by atoms with Crippen molar-refractivity contribution in [3.8, 4) is 28.7 Å². The summed E-state index contributed by atoms with van der Waals surface area (Å²) in [4.78, 5) is 35.5. The molecule has 2 aromatic rings. The van der Waals surface area contributed by atoms with Crippen molar-refractivity contribution in [1.29, 1.82) is 0 Å². The number of carboxylic acid groups (broad SMARTS) is 1. The fourth-order valence-corrected chi connectivity index (χ4v) is 3.21. The molecule has 3 rings (SSSR count). The molecular formula is C23H27NO12. The van der Waals surface area contributed by atoms with Gasteiger partial charge in [-0.2, -0.15) is 0 Å². The molecule has 8 N–H and O–H groups in total. The van der Waals surface area contributed by atoms with Crippen molar-refractivity contribution in [2.24, 2.45) is 0 Å². The van der Waals surface area contributed by atoms with E-state index in [4.69, 9.17) is 19.7 Å². The van der Waals surface area contributed by atoms with Gasteiger partial charge in [0.1, 0.15) is 22.8 Å². The van der Waals surface area contributed by atoms with Crippen LogP contribution in [0.15, 0.2) is 30.3 Å². The number of phenols is 4. The number of ether oxygens (including phenoxy) is 2. The van der Waals surface area contributed by atoms with Crippen molar-refractivity contribution in [3.63, 3.8) is 0 Å². The van der Waals surface area contributed by atoms with Gasteiger partial charge in [0.25, 0.3) is 0 Å². The van der Waals surface area contributed by atoms with Crippen LogP contribution in [0.3, 0.4) is 0 Å². The number of aromatic hydroxyl groups is 4. The molecular weight excluding hydrogens is 482 g/mol. The zero-order valence-corrected chi connectivity index (χ0v) is 19.0. The second-order valence-electron chi connectivity index (χ2n) is 7.58. The molecule has 0 fully saturated rings. The largest absolute Gasteiger partial charge is 0.550 e. The number of aliphatic hydroxyl groups is 2. The third-order valence-corrected chi connectivity index (χ3v) is 4.89. The zero-order valence-electron chi connectivity index (χ0n) is 19.0. The van der Waals surface area contributed by atoms with E-state index in [1.54, 1.807) is 0 Å². The maximum absolute atomic E-state index is 12.9. The van der Waals surface area contributed by atoms with Gasteiger partial charge in [0.2, 0.25) is 11.9 Å². The Morgan fingerprint density at radius 1 is 0.944 bits per heavy atom. The number of carbonyl (C=O) groups excluding carboxylic acids is 3. The number of nitrogens with two attached hydrogens (primary N) is 1. The summed E-state index contributed by atoms with van der Waals surface area (Å²) in [7, 11) is 0. The lowest BCUT2D eigenvalue weighted by molar-refractivity contribution is -0.657. The summed E-state index contributed by atoms with van der Waals surface area (Å²) < 4.78 is 10.8. The number of aliphatic carboxylic acids is 1. The van der Waals surface area contributed by atoms with E-state index < -0.39 is 60.0 Å². The Bertz CT molecular complexity index is 1080. The van der Waals surface area contributed by atoms with Crippen molar-refractivity contribution in [2.75, 3.05) is 26.3 Å². The minimum atomic E-state index is -1.63. The first kappa shape index (κ1) is 28.2. The molecule has 2 aromatic carbocycles. The van der Waals surface area contributed by atoms with Gasteiger partial charge in [-0.15, -0.1) is 0 Å². The molecule has 0 aromatic heterocycles. The van der Waals surface area contributed by atoms with Gasteiger partial charge in [0.05, 0.1) is 32.7 Å². The average Bonchev–Trinajstić information content (AvgIpc) is 2.81. The summed E-state index contributed by atoms with van der Waals surface area (Å²) in [5, 5.41) is 67.7. The van der Waals surface area contributed by atoms with Crippen molar-refractivity contribution in [3.05, 3.63) is 41.5 Å². The quantitative estimate of drug-likeness (QED) is 0.108. The molecule has 0 spiro atoms. The highest BCUT2D eigenvalue weighted by molar-refractivity contribution is 6.06. The van der Waals surface area contributed by atoms with Crippen LogP contribution in [0.25, 0.3) is 0 Å². The van der Waals surface area contributed by atoms with Gasteiger partial charge in [-0.25, -0.2) is 0 Å². The molecule has 2 atom stereocenters. The number of hydrogen-bond acceptors (Lipinski definition) is 12. The van der Waals surface area contributed by atoms with E-state index in [1.807, 2.05) is 5.32 Å². The SMILES string of the molecule is O=C([O-])CCC(=O)OC1C(=O)c2c(O)cc(O)cc2OC1c1ccc(O)c(O)c1.OCC[NH2+]CCO. The van der Waals surface area contributed by atoms with E-state index in [-0.39, 0.29) is 35.8 Å². The third kappa shape index (κ3) is 7.46. The van der Waals surface area contributed by atoms with Gasteiger partial charge in [0, 0.05) is 23.7 Å². The average molecular weight is 509 g/mol. The molecule has 1 heterocycles. The number of rotatable bonds is 9. The zero-order chi connectivity index (χ0) is 26.8. The predicted molar refractivity (Wildman–Crippen MR) is 117 cm³/mol. The number of Topliss-reactive ketones (excluding diaryl/α,β-unsaturated/α-hetero) is 1. The minimum Gasteiger partial charge on any atom is -0.550 e. The standard InChI is InChI=1S/C19H16O10.C4H11NO2/c20-9-6-12(23)16-13(7-9)28-18(8-1-2-10(21)11(22)5-8)19(17(16)27)29-15(26)4-3-14(24)25;6-3-1-5-2-4-7/h1-2,5-7,18-23H,3-4H2,(H,24,25);5-7H,1-4H2. The molecule has 0 bridgehead atoms. The number of benzene rings is 2. The fraction of sp³-hybridized carbons (Fsp3) is 0.348. The van der Waals surface area contributed by atoms with Gasteiger partial charge in [0.15, 0.2) is 17.6 Å². The Morgan fingerprint density at radius 2 is 1.61 bits per heavy atom. The topological polar surface area (TPSA) is 231 Å². The Labute approximate surface area is 204 Å². The first-order chi connectivity index (χ1) is 17.1. The van der Waals surface area contributed by atoms with Crippen LogP contribution in [0.5, 0.6) is 28.7 Å². The number of esters is 1. The van der Waals surface area contributed by atoms with E-state index in [0.717, 1.165) is 24.3 Å². The number of fused-ring (bicyclic) bond motifs is 1. The van der Waals surface area contributed by atoms with Gasteiger partial charge >= 0.3 is 5.97 Å². The van der Waals surface area contributed by atoms with Crippen molar-refractivity contribution in [1.82, 2.24) is 0 Å². The van der Waals surface area contributed by atoms with Crippen LogP contribution in [0, 0.1) is 0 Å². The lowest BCUT2D eigenvalue weighted by Crippen LogP contribution is -2.85. The maximum atomic E-state index is 12.9. The smallest absolute Gasteiger partial charge is 0.307 e. The highest BCUT2D eigenvalue weighted by Crippen LogP contribution is 2.43. The van der Waals surface area contributed by atoms with Crippen LogP contribution < -0.4 is 15.2 Å². The van der Waals surface area contributed by atoms with Gasteiger partial charge in [-0.3, -0.25) is 9.59 Å². The Kier molecular flexibility index (Phi) is 10.3. The summed E-state index contributed by atoms with van der Waals surface area (Å²) in [6.45, 7) is 1.78. The fourth-order valence-electron chi connectivity index (χ4n) is 3.21. The summed E-state index contributed by atoms with van der Waals surface area (Å²) in [5.74, 6) is -5.49. The number of ketones is 1. The first-order valence-corrected chi connectivity index (χ1v) is 10.8. The van der Waals surface area contributed by atoms with E-state index in [2.05, 4.69) is 0 Å².